The number of rotatable bonds is 3. The van der Waals surface area contributed by atoms with E-state index in [1.807, 2.05) is 6.92 Å². The lowest BCUT2D eigenvalue weighted by Gasteiger charge is -2.56. The summed E-state index contributed by atoms with van der Waals surface area (Å²) >= 11 is 0. The van der Waals surface area contributed by atoms with Crippen LogP contribution in [-0.4, -0.2) is 25.5 Å². The fraction of sp³-hybridized carbons (Fsp3) is 0.529. The van der Waals surface area contributed by atoms with E-state index in [1.54, 1.807) is 24.3 Å². The van der Waals surface area contributed by atoms with Crippen LogP contribution in [0.4, 0.5) is 13.2 Å². The summed E-state index contributed by atoms with van der Waals surface area (Å²) in [5.74, 6) is 0.634. The molecule has 1 atom stereocenters. The second-order valence-electron chi connectivity index (χ2n) is 6.01. The predicted octanol–water partition coefficient (Wildman–Crippen LogP) is 3.57. The average molecular weight is 326 g/mol. The van der Waals surface area contributed by atoms with Crippen LogP contribution in [0.2, 0.25) is 0 Å². The van der Waals surface area contributed by atoms with Gasteiger partial charge in [-0.05, 0) is 30.7 Å². The average Bonchev–Trinajstić information content (AvgIpc) is 2.55. The van der Waals surface area contributed by atoms with Gasteiger partial charge in [0.25, 0.3) is 0 Å². The first-order valence-corrected chi connectivity index (χ1v) is 7.45. The summed E-state index contributed by atoms with van der Waals surface area (Å²) in [5.41, 5.74) is -0.201. The maximum absolute atomic E-state index is 13.5. The van der Waals surface area contributed by atoms with Crippen molar-refractivity contribution in [2.24, 2.45) is 5.41 Å². The second kappa shape index (κ2) is 5.52. The molecule has 0 amide bonds. The van der Waals surface area contributed by atoms with E-state index in [9.17, 15) is 13.2 Å². The molecule has 3 heterocycles. The van der Waals surface area contributed by atoms with Gasteiger partial charge in [-0.2, -0.15) is 13.2 Å². The van der Waals surface area contributed by atoms with Crippen molar-refractivity contribution in [2.75, 3.05) is 13.2 Å². The largest absolute Gasteiger partial charge is 0.415 e. The second-order valence-corrected chi connectivity index (χ2v) is 6.01. The van der Waals surface area contributed by atoms with Crippen LogP contribution in [0.15, 0.2) is 24.3 Å². The molecule has 1 unspecified atom stereocenters. The first kappa shape index (κ1) is 16.3. The normalized spacial score (nSPS) is 33.4. The first-order valence-electron chi connectivity index (χ1n) is 7.45. The van der Waals surface area contributed by atoms with Gasteiger partial charge < -0.3 is 14.2 Å². The minimum atomic E-state index is -4.48. The highest BCUT2D eigenvalue weighted by atomic mass is 19.4. The summed E-state index contributed by atoms with van der Waals surface area (Å²) in [6.45, 7) is 1.72. The number of halogens is 3. The third-order valence-corrected chi connectivity index (χ3v) is 4.38. The molecule has 3 aliphatic heterocycles. The van der Waals surface area contributed by atoms with Crippen molar-refractivity contribution in [3.05, 3.63) is 35.4 Å². The first-order chi connectivity index (χ1) is 10.9. The molecule has 1 aromatic rings. The maximum atomic E-state index is 13.5. The van der Waals surface area contributed by atoms with E-state index in [2.05, 4.69) is 5.92 Å². The molecule has 3 aliphatic rings. The summed E-state index contributed by atoms with van der Waals surface area (Å²) in [4.78, 5) is 0. The van der Waals surface area contributed by atoms with Crippen molar-refractivity contribution in [3.8, 4) is 12.3 Å². The molecule has 0 spiro atoms. The van der Waals surface area contributed by atoms with Crippen LogP contribution in [0.1, 0.15) is 30.9 Å². The van der Waals surface area contributed by atoms with Crippen LogP contribution >= 0.6 is 0 Å². The highest BCUT2D eigenvalue weighted by Gasteiger charge is 2.66. The summed E-state index contributed by atoms with van der Waals surface area (Å²) < 4.78 is 57.1. The molecule has 4 rings (SSSR count). The maximum Gasteiger partial charge on any atom is 0.415 e. The summed E-state index contributed by atoms with van der Waals surface area (Å²) in [6, 6.07) is 6.37. The van der Waals surface area contributed by atoms with Crippen molar-refractivity contribution in [3.63, 3.8) is 0 Å². The van der Waals surface area contributed by atoms with Crippen molar-refractivity contribution in [1.82, 2.24) is 0 Å². The van der Waals surface area contributed by atoms with Gasteiger partial charge in [-0.15, -0.1) is 6.42 Å². The number of hydrogen-bond acceptors (Lipinski definition) is 3. The quantitative estimate of drug-likeness (QED) is 0.795. The Kier molecular flexibility index (Phi) is 3.91. The number of fused-ring (bicyclic) bond motifs is 3. The molecule has 6 heteroatoms. The summed E-state index contributed by atoms with van der Waals surface area (Å²) in [6.07, 6.45) is -0.190. The minimum absolute atomic E-state index is 0.0537. The molecule has 0 N–H and O–H groups in total. The molecular weight excluding hydrogens is 309 g/mol. The van der Waals surface area contributed by atoms with Crippen molar-refractivity contribution in [2.45, 2.75) is 38.0 Å². The van der Waals surface area contributed by atoms with Gasteiger partial charge in [-0.1, -0.05) is 19.3 Å². The molecule has 0 radical (unpaired) electrons. The molecule has 2 bridgehead atoms. The zero-order valence-corrected chi connectivity index (χ0v) is 12.7. The molecule has 1 aromatic carbocycles. The van der Waals surface area contributed by atoms with E-state index in [1.165, 1.54) is 0 Å². The fourth-order valence-electron chi connectivity index (χ4n) is 3.25. The van der Waals surface area contributed by atoms with Gasteiger partial charge in [0.05, 0.1) is 18.6 Å². The minimum Gasteiger partial charge on any atom is -0.323 e. The van der Waals surface area contributed by atoms with Gasteiger partial charge in [-0.3, -0.25) is 0 Å². The van der Waals surface area contributed by atoms with Crippen LogP contribution in [0, 0.1) is 17.8 Å². The molecule has 3 nitrogen and oxygen atoms in total. The summed E-state index contributed by atoms with van der Waals surface area (Å²) in [5, 5.41) is 0. The van der Waals surface area contributed by atoms with E-state index >= 15 is 0 Å². The van der Waals surface area contributed by atoms with Crippen LogP contribution < -0.4 is 0 Å². The topological polar surface area (TPSA) is 27.7 Å². The Hall–Kier alpha value is -1.55. The zero-order chi connectivity index (χ0) is 16.7. The molecule has 3 saturated heterocycles. The third kappa shape index (κ3) is 2.63. The molecule has 0 aliphatic carbocycles. The Morgan fingerprint density at radius 2 is 1.83 bits per heavy atom. The van der Waals surface area contributed by atoms with E-state index in [0.29, 0.717) is 24.0 Å². The zero-order valence-electron chi connectivity index (χ0n) is 12.7. The summed E-state index contributed by atoms with van der Waals surface area (Å²) in [7, 11) is 0. The van der Waals surface area contributed by atoms with Crippen LogP contribution in [0.5, 0.6) is 0 Å². The number of alkyl halides is 3. The van der Waals surface area contributed by atoms with Gasteiger partial charge in [0.2, 0.25) is 0 Å². The van der Waals surface area contributed by atoms with Gasteiger partial charge in [-0.25, -0.2) is 0 Å². The Morgan fingerprint density at radius 1 is 1.22 bits per heavy atom. The number of hydrogen-bond donors (Lipinski definition) is 0. The molecule has 0 aromatic heterocycles. The van der Waals surface area contributed by atoms with Gasteiger partial charge >= 0.3 is 12.1 Å². The van der Waals surface area contributed by atoms with Gasteiger partial charge in [0, 0.05) is 11.1 Å². The lowest BCUT2D eigenvalue weighted by Crippen LogP contribution is -2.66. The van der Waals surface area contributed by atoms with Gasteiger partial charge in [0.1, 0.15) is 0 Å². The molecular formula is C17H17F3O3. The number of terminal acetylenes is 1. The highest BCUT2D eigenvalue weighted by molar-refractivity contribution is 5.35. The van der Waals surface area contributed by atoms with Crippen LogP contribution in [0.3, 0.4) is 0 Å². The Labute approximate surface area is 132 Å². The smallest absolute Gasteiger partial charge is 0.323 e. The SMILES string of the molecule is C#Cc1ccc(C23OCC(CCC)(CO2)C(C(F)(F)F)O3)cc1. The lowest BCUT2D eigenvalue weighted by atomic mass is 9.76. The Bertz CT molecular complexity index is 607. The molecule has 23 heavy (non-hydrogen) atoms. The van der Waals surface area contributed by atoms with E-state index in [0.717, 1.165) is 0 Å². The molecule has 124 valence electrons. The monoisotopic (exact) mass is 326 g/mol. The lowest BCUT2D eigenvalue weighted by molar-refractivity contribution is -0.524. The third-order valence-electron chi connectivity index (χ3n) is 4.38. The highest BCUT2D eigenvalue weighted by Crippen LogP contribution is 2.54. The van der Waals surface area contributed by atoms with E-state index in [-0.39, 0.29) is 13.2 Å². The Morgan fingerprint density at radius 3 is 2.30 bits per heavy atom. The standard InChI is InChI=1S/C17H17F3O3/c1-3-9-15-10-21-17(22-11-15,23-14(15)16(18,19)20)13-7-5-12(4-2)6-8-13/h2,5-8,14H,3,9-11H2,1H3. The van der Waals surface area contributed by atoms with Crippen molar-refractivity contribution in [1.29, 1.82) is 0 Å². The van der Waals surface area contributed by atoms with Crippen LogP contribution in [-0.2, 0) is 20.2 Å². The van der Waals surface area contributed by atoms with Crippen molar-refractivity contribution >= 4 is 0 Å². The fourth-order valence-corrected chi connectivity index (χ4v) is 3.25. The van der Waals surface area contributed by atoms with E-state index in [4.69, 9.17) is 20.6 Å². The predicted molar refractivity (Wildman–Crippen MR) is 76.2 cm³/mol. The van der Waals surface area contributed by atoms with E-state index < -0.39 is 23.7 Å². The molecule has 0 saturated carbocycles. The van der Waals surface area contributed by atoms with Crippen molar-refractivity contribution < 1.29 is 27.4 Å². The number of ether oxygens (including phenoxy) is 3. The number of benzene rings is 1. The molecule has 3 fully saturated rings. The Balaban J connectivity index is 1.96. The van der Waals surface area contributed by atoms with Crippen LogP contribution in [0.25, 0.3) is 0 Å². The van der Waals surface area contributed by atoms with Gasteiger partial charge in [0.15, 0.2) is 6.10 Å².